The molecule has 0 N–H and O–H groups in total. The van der Waals surface area contributed by atoms with Gasteiger partial charge in [0.1, 0.15) is 0 Å². The fraction of sp³-hybridized carbons (Fsp3) is 0.600. The largest absolute Gasteiger partial charge is 0.133 e. The molecule has 0 radical (unpaired) electrons. The molecule has 0 aromatic carbocycles. The van der Waals surface area contributed by atoms with Crippen molar-refractivity contribution in [2.75, 3.05) is 0 Å². The van der Waals surface area contributed by atoms with Gasteiger partial charge >= 0.3 is 0 Å². The maximum atomic E-state index is 6.17. The average Bonchev–Trinajstić information content (AvgIpc) is 2.47. The summed E-state index contributed by atoms with van der Waals surface area (Å²) in [6.07, 6.45) is 2.18. The van der Waals surface area contributed by atoms with Gasteiger partial charge in [0, 0.05) is 10.3 Å². The van der Waals surface area contributed by atoms with E-state index in [4.69, 9.17) is 11.6 Å². The van der Waals surface area contributed by atoms with Crippen LogP contribution in [0.5, 0.6) is 0 Å². The first-order valence-electron chi connectivity index (χ1n) is 4.48. The third-order valence-corrected chi connectivity index (χ3v) is 4.42. The van der Waals surface area contributed by atoms with Gasteiger partial charge in [0.05, 0.1) is 3.79 Å². The highest BCUT2D eigenvalue weighted by Gasteiger charge is 2.09. The van der Waals surface area contributed by atoms with Crippen molar-refractivity contribution < 1.29 is 0 Å². The number of alkyl halides is 1. The van der Waals surface area contributed by atoms with Crippen molar-refractivity contribution in [3.05, 3.63) is 20.8 Å². The van der Waals surface area contributed by atoms with Gasteiger partial charge in [-0.2, -0.15) is 0 Å². The Morgan fingerprint density at radius 2 is 2.15 bits per heavy atom. The zero-order valence-corrected chi connectivity index (χ0v) is 11.0. The van der Waals surface area contributed by atoms with E-state index in [2.05, 4.69) is 41.9 Å². The summed E-state index contributed by atoms with van der Waals surface area (Å²) in [5.41, 5.74) is 0. The van der Waals surface area contributed by atoms with E-state index in [-0.39, 0.29) is 0 Å². The van der Waals surface area contributed by atoms with Crippen LogP contribution in [0.2, 0.25) is 0 Å². The van der Waals surface area contributed by atoms with E-state index in [0.29, 0.717) is 11.3 Å². The Balaban J connectivity index is 2.35. The second-order valence-corrected chi connectivity index (χ2v) is 6.61. The van der Waals surface area contributed by atoms with E-state index in [9.17, 15) is 0 Å². The molecule has 0 aliphatic rings. The lowest BCUT2D eigenvalue weighted by Crippen LogP contribution is -2.08. The molecule has 0 nitrogen and oxygen atoms in total. The molecule has 1 aromatic heterocycles. The van der Waals surface area contributed by atoms with Crippen LogP contribution in [-0.4, -0.2) is 5.38 Å². The van der Waals surface area contributed by atoms with Gasteiger partial charge in [-0.3, -0.25) is 0 Å². The first-order chi connectivity index (χ1) is 6.09. The summed E-state index contributed by atoms with van der Waals surface area (Å²) in [5, 5.41) is 0.306. The molecule has 0 bridgehead atoms. The van der Waals surface area contributed by atoms with E-state index in [1.807, 2.05) is 0 Å². The van der Waals surface area contributed by atoms with E-state index in [1.165, 1.54) is 8.66 Å². The zero-order chi connectivity index (χ0) is 9.84. The predicted octanol–water partition coefficient (Wildman–Crippen LogP) is 4.71. The first kappa shape index (κ1) is 11.5. The minimum atomic E-state index is 0.306. The Labute approximate surface area is 97.4 Å². The summed E-state index contributed by atoms with van der Waals surface area (Å²) in [6.45, 7) is 4.34. The Kier molecular flexibility index (Phi) is 4.77. The summed E-state index contributed by atoms with van der Waals surface area (Å²) < 4.78 is 1.21. The molecule has 0 spiro atoms. The van der Waals surface area contributed by atoms with Gasteiger partial charge in [-0.1, -0.05) is 13.8 Å². The Morgan fingerprint density at radius 1 is 1.46 bits per heavy atom. The van der Waals surface area contributed by atoms with Crippen molar-refractivity contribution >= 4 is 38.9 Å². The van der Waals surface area contributed by atoms with Crippen LogP contribution in [0.4, 0.5) is 0 Å². The van der Waals surface area contributed by atoms with E-state index < -0.39 is 0 Å². The predicted molar refractivity (Wildman–Crippen MR) is 64.8 cm³/mol. The molecular weight excluding hydrogens is 268 g/mol. The normalized spacial score (nSPS) is 13.6. The van der Waals surface area contributed by atoms with Crippen LogP contribution in [0.3, 0.4) is 0 Å². The number of hydrogen-bond acceptors (Lipinski definition) is 1. The lowest BCUT2D eigenvalue weighted by molar-refractivity contribution is 0.567. The molecule has 3 heteroatoms. The summed E-state index contributed by atoms with van der Waals surface area (Å²) in [4.78, 5) is 1.41. The van der Waals surface area contributed by atoms with Crippen LogP contribution in [0.1, 0.15) is 25.1 Å². The fourth-order valence-corrected chi connectivity index (χ4v) is 2.71. The van der Waals surface area contributed by atoms with Crippen LogP contribution in [0, 0.1) is 5.92 Å². The molecule has 1 atom stereocenters. The molecule has 1 heterocycles. The third-order valence-electron chi connectivity index (χ3n) is 2.02. The van der Waals surface area contributed by atoms with Crippen LogP contribution >= 0.6 is 38.9 Å². The zero-order valence-electron chi connectivity index (χ0n) is 7.89. The number of halogens is 2. The van der Waals surface area contributed by atoms with Gasteiger partial charge in [-0.15, -0.1) is 22.9 Å². The molecule has 74 valence electrons. The van der Waals surface area contributed by atoms with Gasteiger partial charge in [-0.05, 0) is 46.8 Å². The minimum Gasteiger partial charge on any atom is -0.133 e. The molecule has 0 aliphatic carbocycles. The Morgan fingerprint density at radius 3 is 2.62 bits per heavy atom. The van der Waals surface area contributed by atoms with Crippen molar-refractivity contribution in [1.82, 2.24) is 0 Å². The van der Waals surface area contributed by atoms with Crippen LogP contribution in [0.15, 0.2) is 15.9 Å². The van der Waals surface area contributed by atoms with Crippen LogP contribution in [-0.2, 0) is 6.42 Å². The highest BCUT2D eigenvalue weighted by molar-refractivity contribution is 9.11. The molecule has 0 aliphatic heterocycles. The summed E-state index contributed by atoms with van der Waals surface area (Å²) in [6, 6.07) is 4.26. The molecular formula is C10H14BrClS. The smallest absolute Gasteiger partial charge is 0.0701 e. The van der Waals surface area contributed by atoms with Crippen molar-refractivity contribution in [3.63, 3.8) is 0 Å². The molecule has 0 fully saturated rings. The molecule has 13 heavy (non-hydrogen) atoms. The first-order valence-corrected chi connectivity index (χ1v) is 6.52. The van der Waals surface area contributed by atoms with Crippen molar-refractivity contribution in [1.29, 1.82) is 0 Å². The second-order valence-electron chi connectivity index (χ2n) is 3.50. The highest BCUT2D eigenvalue weighted by atomic mass is 79.9. The molecule has 1 rings (SSSR count). The molecule has 0 saturated heterocycles. The van der Waals surface area contributed by atoms with E-state index >= 15 is 0 Å². The second kappa shape index (κ2) is 5.38. The number of rotatable bonds is 4. The summed E-state index contributed by atoms with van der Waals surface area (Å²) in [7, 11) is 0. The highest BCUT2D eigenvalue weighted by Crippen LogP contribution is 2.25. The summed E-state index contributed by atoms with van der Waals surface area (Å²) in [5.74, 6) is 0.574. The lowest BCUT2D eigenvalue weighted by atomic mass is 10.1. The molecule has 0 amide bonds. The van der Waals surface area contributed by atoms with Crippen LogP contribution in [0.25, 0.3) is 0 Å². The number of thiophene rings is 1. The average molecular weight is 282 g/mol. The van der Waals surface area contributed by atoms with Gasteiger partial charge < -0.3 is 0 Å². The van der Waals surface area contributed by atoms with Gasteiger partial charge in [-0.25, -0.2) is 0 Å². The van der Waals surface area contributed by atoms with Gasteiger partial charge in [0.25, 0.3) is 0 Å². The van der Waals surface area contributed by atoms with Crippen molar-refractivity contribution in [2.24, 2.45) is 5.92 Å². The monoisotopic (exact) mass is 280 g/mol. The molecule has 0 saturated carbocycles. The number of hydrogen-bond donors (Lipinski definition) is 0. The molecule has 1 unspecified atom stereocenters. The molecule has 1 aromatic rings. The van der Waals surface area contributed by atoms with E-state index in [0.717, 1.165) is 12.8 Å². The van der Waals surface area contributed by atoms with Crippen molar-refractivity contribution in [3.8, 4) is 0 Å². The Hall–Kier alpha value is 0.470. The summed E-state index contributed by atoms with van der Waals surface area (Å²) >= 11 is 11.4. The lowest BCUT2D eigenvalue weighted by Gasteiger charge is -2.11. The van der Waals surface area contributed by atoms with Crippen LogP contribution < -0.4 is 0 Å². The van der Waals surface area contributed by atoms with E-state index in [1.54, 1.807) is 11.3 Å². The minimum absolute atomic E-state index is 0.306. The number of aryl methyl sites for hydroxylation is 1. The SMILES string of the molecule is CC(C)C(Cl)CCc1ccc(Br)s1. The quantitative estimate of drug-likeness (QED) is 0.701. The Bertz CT molecular complexity index is 257. The maximum Gasteiger partial charge on any atom is 0.0701 e. The van der Waals surface area contributed by atoms with Gasteiger partial charge in [0.15, 0.2) is 0 Å². The standard InChI is InChI=1S/C10H14BrClS/c1-7(2)9(12)5-3-8-4-6-10(11)13-8/h4,6-7,9H,3,5H2,1-2H3. The topological polar surface area (TPSA) is 0 Å². The van der Waals surface area contributed by atoms with Crippen molar-refractivity contribution in [2.45, 2.75) is 32.1 Å². The third kappa shape index (κ3) is 4.01. The maximum absolute atomic E-state index is 6.17. The van der Waals surface area contributed by atoms with Gasteiger partial charge in [0.2, 0.25) is 0 Å². The fourth-order valence-electron chi connectivity index (χ4n) is 1.10.